The second-order valence-electron chi connectivity index (χ2n) is 6.39. The highest BCUT2D eigenvalue weighted by atomic mass is 35.5. The van der Waals surface area contributed by atoms with E-state index in [4.69, 9.17) is 28.3 Å². The van der Waals surface area contributed by atoms with Crippen molar-refractivity contribution in [3.8, 4) is 5.75 Å². The van der Waals surface area contributed by atoms with Gasteiger partial charge in [-0.1, -0.05) is 23.2 Å². The molecule has 1 atom stereocenters. The van der Waals surface area contributed by atoms with E-state index < -0.39 is 18.6 Å². The first-order valence-electron chi connectivity index (χ1n) is 8.48. The van der Waals surface area contributed by atoms with Gasteiger partial charge in [0.05, 0.1) is 21.5 Å². The second-order valence-corrected chi connectivity index (χ2v) is 7.21. The number of nitrogens with one attached hydrogen (secondary N) is 1. The van der Waals surface area contributed by atoms with Gasteiger partial charge in [-0.3, -0.25) is 14.2 Å². The van der Waals surface area contributed by atoms with Gasteiger partial charge in [0, 0.05) is 16.6 Å². The Morgan fingerprint density at radius 1 is 1.14 bits per heavy atom. The molecule has 0 saturated heterocycles. The van der Waals surface area contributed by atoms with E-state index in [0.717, 1.165) is 0 Å². The van der Waals surface area contributed by atoms with Crippen LogP contribution in [0.5, 0.6) is 5.75 Å². The standard InChI is InChI=1S/C20H18Cl2N2O4/c1-10(19(27)23-9-25)18-11(2)24(17-6-4-13(26)8-14(17)18)20(28)12-3-5-15(21)16(22)7-12/h3-8,10,25-26H,9H2,1-2H3,(H,23,27)/t10-/m1/s1. The summed E-state index contributed by atoms with van der Waals surface area (Å²) in [4.78, 5) is 25.5. The van der Waals surface area contributed by atoms with Crippen molar-refractivity contribution in [3.05, 3.63) is 63.3 Å². The Labute approximate surface area is 171 Å². The Morgan fingerprint density at radius 2 is 1.86 bits per heavy atom. The molecule has 0 aliphatic carbocycles. The zero-order valence-corrected chi connectivity index (χ0v) is 16.7. The minimum absolute atomic E-state index is 0.0163. The van der Waals surface area contributed by atoms with Gasteiger partial charge in [-0.2, -0.15) is 0 Å². The molecule has 146 valence electrons. The van der Waals surface area contributed by atoms with E-state index in [1.807, 2.05) is 0 Å². The molecule has 8 heteroatoms. The molecule has 0 spiro atoms. The van der Waals surface area contributed by atoms with Crippen LogP contribution in [0.15, 0.2) is 36.4 Å². The molecule has 1 heterocycles. The second kappa shape index (κ2) is 7.83. The van der Waals surface area contributed by atoms with Crippen LogP contribution in [0.2, 0.25) is 10.0 Å². The molecule has 1 aromatic heterocycles. The lowest BCUT2D eigenvalue weighted by molar-refractivity contribution is -0.123. The summed E-state index contributed by atoms with van der Waals surface area (Å²) in [6.07, 6.45) is 0. The fraction of sp³-hybridized carbons (Fsp3) is 0.200. The highest BCUT2D eigenvalue weighted by Crippen LogP contribution is 2.35. The number of carbonyl (C=O) groups excluding carboxylic acids is 2. The van der Waals surface area contributed by atoms with E-state index in [0.29, 0.717) is 32.7 Å². The number of fused-ring (bicyclic) bond motifs is 1. The fourth-order valence-electron chi connectivity index (χ4n) is 3.36. The van der Waals surface area contributed by atoms with Gasteiger partial charge >= 0.3 is 0 Å². The first kappa shape index (κ1) is 20.2. The van der Waals surface area contributed by atoms with E-state index in [1.54, 1.807) is 32.0 Å². The van der Waals surface area contributed by atoms with Crippen molar-refractivity contribution in [3.63, 3.8) is 0 Å². The van der Waals surface area contributed by atoms with Crippen LogP contribution in [0.1, 0.15) is 34.5 Å². The summed E-state index contributed by atoms with van der Waals surface area (Å²) in [5, 5.41) is 22.5. The van der Waals surface area contributed by atoms with Gasteiger partial charge in [-0.05, 0) is 55.8 Å². The monoisotopic (exact) mass is 420 g/mol. The lowest BCUT2D eigenvalue weighted by atomic mass is 9.97. The number of amides is 1. The molecule has 28 heavy (non-hydrogen) atoms. The van der Waals surface area contributed by atoms with Crippen LogP contribution in [0, 0.1) is 6.92 Å². The van der Waals surface area contributed by atoms with Crippen LogP contribution < -0.4 is 5.32 Å². The maximum absolute atomic E-state index is 13.2. The van der Waals surface area contributed by atoms with E-state index in [2.05, 4.69) is 5.32 Å². The zero-order valence-electron chi connectivity index (χ0n) is 15.2. The van der Waals surface area contributed by atoms with Crippen molar-refractivity contribution >= 4 is 45.9 Å². The molecule has 6 nitrogen and oxygen atoms in total. The Balaban J connectivity index is 2.23. The summed E-state index contributed by atoms with van der Waals surface area (Å²) in [5.41, 5.74) is 2.02. The van der Waals surface area contributed by atoms with Gasteiger partial charge in [0.2, 0.25) is 5.91 Å². The molecule has 0 bridgehead atoms. The zero-order chi connectivity index (χ0) is 20.6. The molecule has 1 amide bonds. The van der Waals surface area contributed by atoms with Crippen molar-refractivity contribution < 1.29 is 19.8 Å². The van der Waals surface area contributed by atoms with Crippen LogP contribution in [0.3, 0.4) is 0 Å². The number of hydrogen-bond acceptors (Lipinski definition) is 4. The van der Waals surface area contributed by atoms with Crippen LogP contribution >= 0.6 is 23.2 Å². The molecule has 3 aromatic rings. The van der Waals surface area contributed by atoms with E-state index in [1.165, 1.54) is 22.8 Å². The Morgan fingerprint density at radius 3 is 2.50 bits per heavy atom. The lowest BCUT2D eigenvalue weighted by Crippen LogP contribution is -2.29. The third kappa shape index (κ3) is 3.46. The fourth-order valence-corrected chi connectivity index (χ4v) is 3.66. The quantitative estimate of drug-likeness (QED) is 0.559. The number of aromatic nitrogens is 1. The van der Waals surface area contributed by atoms with Gasteiger partial charge in [0.15, 0.2) is 0 Å². The summed E-state index contributed by atoms with van der Waals surface area (Å²) < 4.78 is 1.48. The van der Waals surface area contributed by atoms with Crippen molar-refractivity contribution in [2.45, 2.75) is 19.8 Å². The molecule has 0 saturated carbocycles. The molecule has 0 radical (unpaired) electrons. The Hall–Kier alpha value is -2.54. The van der Waals surface area contributed by atoms with Crippen LogP contribution in [0.4, 0.5) is 0 Å². The SMILES string of the molecule is Cc1c([C@@H](C)C(=O)NCO)c2cc(O)ccc2n1C(=O)c1ccc(Cl)c(Cl)c1. The van der Waals surface area contributed by atoms with Crippen molar-refractivity contribution in [2.24, 2.45) is 0 Å². The average Bonchev–Trinajstić information content (AvgIpc) is 2.94. The maximum atomic E-state index is 13.2. The summed E-state index contributed by atoms with van der Waals surface area (Å²) in [6.45, 7) is 2.91. The summed E-state index contributed by atoms with van der Waals surface area (Å²) in [5.74, 6) is -1.37. The molecule has 0 unspecified atom stereocenters. The van der Waals surface area contributed by atoms with Crippen molar-refractivity contribution in [1.82, 2.24) is 9.88 Å². The number of phenolic OH excluding ortho intramolecular Hbond substituents is 1. The van der Waals surface area contributed by atoms with E-state index >= 15 is 0 Å². The van der Waals surface area contributed by atoms with E-state index in [-0.39, 0.29) is 16.7 Å². The van der Waals surface area contributed by atoms with Gasteiger partial charge in [-0.15, -0.1) is 0 Å². The molecular weight excluding hydrogens is 403 g/mol. The van der Waals surface area contributed by atoms with Crippen LogP contribution in [0.25, 0.3) is 10.9 Å². The normalized spacial score (nSPS) is 12.2. The highest BCUT2D eigenvalue weighted by molar-refractivity contribution is 6.42. The van der Waals surface area contributed by atoms with Gasteiger partial charge in [0.1, 0.15) is 12.5 Å². The summed E-state index contributed by atoms with van der Waals surface area (Å²) in [7, 11) is 0. The van der Waals surface area contributed by atoms with Gasteiger partial charge in [0.25, 0.3) is 5.91 Å². The number of rotatable bonds is 4. The van der Waals surface area contributed by atoms with Crippen LogP contribution in [-0.4, -0.2) is 33.3 Å². The summed E-state index contributed by atoms with van der Waals surface area (Å²) >= 11 is 12.0. The number of benzene rings is 2. The van der Waals surface area contributed by atoms with Gasteiger partial charge < -0.3 is 15.5 Å². The van der Waals surface area contributed by atoms with Gasteiger partial charge in [-0.25, -0.2) is 0 Å². The smallest absolute Gasteiger partial charge is 0.262 e. The number of phenols is 1. The number of nitrogens with zero attached hydrogens (tertiary/aromatic N) is 1. The van der Waals surface area contributed by atoms with Crippen molar-refractivity contribution in [2.75, 3.05) is 6.73 Å². The van der Waals surface area contributed by atoms with Crippen LogP contribution in [-0.2, 0) is 4.79 Å². The minimum Gasteiger partial charge on any atom is -0.508 e. The maximum Gasteiger partial charge on any atom is 0.262 e. The number of hydrogen-bond donors (Lipinski definition) is 3. The number of carbonyl (C=O) groups is 2. The average molecular weight is 421 g/mol. The molecule has 0 fully saturated rings. The number of aliphatic hydroxyl groups excluding tert-OH is 1. The Kier molecular flexibility index (Phi) is 5.65. The van der Waals surface area contributed by atoms with Crippen molar-refractivity contribution in [1.29, 1.82) is 0 Å². The predicted octanol–water partition coefficient (Wildman–Crippen LogP) is 3.82. The molecule has 0 aliphatic rings. The minimum atomic E-state index is -0.653. The lowest BCUT2D eigenvalue weighted by Gasteiger charge is -2.13. The highest BCUT2D eigenvalue weighted by Gasteiger charge is 2.26. The molecule has 3 rings (SSSR count). The first-order chi connectivity index (χ1) is 13.3. The molecule has 3 N–H and O–H groups in total. The largest absolute Gasteiger partial charge is 0.508 e. The Bertz CT molecular complexity index is 1090. The third-order valence-corrected chi connectivity index (χ3v) is 5.42. The molecule has 2 aromatic carbocycles. The topological polar surface area (TPSA) is 91.6 Å². The summed E-state index contributed by atoms with van der Waals surface area (Å²) in [6, 6.07) is 9.21. The predicted molar refractivity (Wildman–Crippen MR) is 108 cm³/mol. The molecular formula is C20H18Cl2N2O4. The first-order valence-corrected chi connectivity index (χ1v) is 9.24. The number of halogens is 2. The third-order valence-electron chi connectivity index (χ3n) is 4.69. The van der Waals surface area contributed by atoms with E-state index in [9.17, 15) is 14.7 Å². The number of aliphatic hydroxyl groups is 1. The number of aromatic hydroxyl groups is 1. The molecule has 0 aliphatic heterocycles.